The highest BCUT2D eigenvalue weighted by molar-refractivity contribution is 5.21. The molecule has 0 aliphatic carbocycles. The monoisotopic (exact) mass is 268 g/mol. The molecule has 2 atom stereocenters. The summed E-state index contributed by atoms with van der Waals surface area (Å²) in [4.78, 5) is 2.08. The van der Waals surface area contributed by atoms with Crippen LogP contribution in [0.4, 0.5) is 4.39 Å². The average Bonchev–Trinajstić information content (AvgIpc) is 2.26. The molecule has 0 spiro atoms. The van der Waals surface area contributed by atoms with Crippen molar-refractivity contribution in [3.63, 3.8) is 0 Å². The first kappa shape index (κ1) is 16.1. The van der Waals surface area contributed by atoms with Gasteiger partial charge in [-0.2, -0.15) is 0 Å². The Kier molecular flexibility index (Phi) is 5.47. The Labute approximate surface area is 115 Å². The van der Waals surface area contributed by atoms with E-state index in [2.05, 4.69) is 4.90 Å². The third-order valence-corrected chi connectivity index (χ3v) is 3.08. The van der Waals surface area contributed by atoms with Gasteiger partial charge in [-0.25, -0.2) is 4.39 Å². The minimum absolute atomic E-state index is 0.105. The number of benzene rings is 1. The van der Waals surface area contributed by atoms with Gasteiger partial charge in [-0.1, -0.05) is 19.1 Å². The maximum atomic E-state index is 13.4. The van der Waals surface area contributed by atoms with Crippen molar-refractivity contribution >= 4 is 0 Å². The number of rotatable bonds is 6. The van der Waals surface area contributed by atoms with Gasteiger partial charge in [0.1, 0.15) is 5.82 Å². The van der Waals surface area contributed by atoms with Gasteiger partial charge < -0.3 is 10.8 Å². The topological polar surface area (TPSA) is 49.5 Å². The molecule has 0 fully saturated rings. The van der Waals surface area contributed by atoms with Crippen molar-refractivity contribution in [2.75, 3.05) is 13.1 Å². The summed E-state index contributed by atoms with van der Waals surface area (Å²) in [5, 5.41) is 9.99. The van der Waals surface area contributed by atoms with Crippen LogP contribution in [0.1, 0.15) is 39.3 Å². The molecule has 0 bridgehead atoms. The van der Waals surface area contributed by atoms with E-state index in [1.165, 1.54) is 12.1 Å². The number of likely N-dealkylation sites (N-methyl/N-ethyl adjacent to an activating group) is 1. The average molecular weight is 268 g/mol. The van der Waals surface area contributed by atoms with Crippen LogP contribution in [-0.4, -0.2) is 34.7 Å². The van der Waals surface area contributed by atoms with Gasteiger partial charge in [-0.15, -0.1) is 0 Å². The molecule has 0 aromatic heterocycles. The summed E-state index contributed by atoms with van der Waals surface area (Å²) in [7, 11) is 0. The Bertz CT molecular complexity index is 401. The van der Waals surface area contributed by atoms with Gasteiger partial charge >= 0.3 is 0 Å². The highest BCUT2D eigenvalue weighted by atomic mass is 19.1. The predicted molar refractivity (Wildman–Crippen MR) is 76.3 cm³/mol. The molecule has 4 heteroatoms. The fourth-order valence-corrected chi connectivity index (χ4v) is 2.44. The first-order valence-electron chi connectivity index (χ1n) is 6.72. The first-order valence-corrected chi connectivity index (χ1v) is 6.72. The molecular formula is C15H25FN2O. The van der Waals surface area contributed by atoms with Crippen LogP contribution >= 0.6 is 0 Å². The van der Waals surface area contributed by atoms with E-state index in [1.807, 2.05) is 19.9 Å². The lowest BCUT2D eigenvalue weighted by atomic mass is 9.97. The molecule has 0 radical (unpaired) electrons. The van der Waals surface area contributed by atoms with E-state index in [0.717, 1.165) is 12.1 Å². The molecule has 0 heterocycles. The van der Waals surface area contributed by atoms with Crippen molar-refractivity contribution < 1.29 is 9.50 Å². The zero-order valence-corrected chi connectivity index (χ0v) is 12.2. The lowest BCUT2D eigenvalue weighted by molar-refractivity contribution is 0.0186. The molecule has 0 aliphatic heterocycles. The summed E-state index contributed by atoms with van der Waals surface area (Å²) in [5.74, 6) is -0.262. The van der Waals surface area contributed by atoms with E-state index < -0.39 is 5.60 Å². The number of aliphatic hydroxyl groups is 1. The maximum absolute atomic E-state index is 13.4. The third-order valence-electron chi connectivity index (χ3n) is 3.08. The molecule has 0 amide bonds. The van der Waals surface area contributed by atoms with Crippen molar-refractivity contribution in [3.8, 4) is 0 Å². The molecule has 0 aliphatic rings. The van der Waals surface area contributed by atoms with Crippen molar-refractivity contribution in [3.05, 3.63) is 35.6 Å². The second-order valence-electron chi connectivity index (χ2n) is 5.73. The molecule has 0 saturated carbocycles. The first-order chi connectivity index (χ1) is 8.74. The Morgan fingerprint density at radius 3 is 2.47 bits per heavy atom. The number of halogens is 1. The van der Waals surface area contributed by atoms with Gasteiger partial charge in [-0.3, -0.25) is 4.90 Å². The number of hydrogen-bond acceptors (Lipinski definition) is 3. The van der Waals surface area contributed by atoms with Crippen molar-refractivity contribution in [1.82, 2.24) is 4.90 Å². The molecule has 19 heavy (non-hydrogen) atoms. The van der Waals surface area contributed by atoms with E-state index in [9.17, 15) is 9.50 Å². The Hall–Kier alpha value is -0.970. The zero-order chi connectivity index (χ0) is 14.6. The van der Waals surface area contributed by atoms with E-state index in [-0.39, 0.29) is 17.9 Å². The lowest BCUT2D eigenvalue weighted by Gasteiger charge is -2.37. The smallest absolute Gasteiger partial charge is 0.123 e. The van der Waals surface area contributed by atoms with Crippen LogP contribution in [-0.2, 0) is 0 Å². The second kappa shape index (κ2) is 6.46. The quantitative estimate of drug-likeness (QED) is 0.832. The van der Waals surface area contributed by atoms with Crippen LogP contribution in [0.25, 0.3) is 0 Å². The third kappa shape index (κ3) is 4.90. The standard InChI is InChI=1S/C15H25FN2O/c1-5-18(10-15(3,4)19)14(11(2)17)12-7-6-8-13(16)9-12/h6-9,11,14,19H,5,10,17H2,1-4H3. The molecule has 1 aromatic rings. The van der Waals surface area contributed by atoms with Gasteiger partial charge in [-0.05, 0) is 45.0 Å². The van der Waals surface area contributed by atoms with Crippen LogP contribution in [0.5, 0.6) is 0 Å². The van der Waals surface area contributed by atoms with E-state index in [0.29, 0.717) is 6.54 Å². The van der Waals surface area contributed by atoms with Crippen LogP contribution in [0.2, 0.25) is 0 Å². The minimum atomic E-state index is -0.809. The number of nitrogens with two attached hydrogens (primary N) is 1. The van der Waals surface area contributed by atoms with Gasteiger partial charge in [0.2, 0.25) is 0 Å². The van der Waals surface area contributed by atoms with Gasteiger partial charge in [0.25, 0.3) is 0 Å². The summed E-state index contributed by atoms with van der Waals surface area (Å²) in [5.41, 5.74) is 6.11. The highest BCUT2D eigenvalue weighted by Crippen LogP contribution is 2.25. The van der Waals surface area contributed by atoms with E-state index >= 15 is 0 Å². The maximum Gasteiger partial charge on any atom is 0.123 e. The van der Waals surface area contributed by atoms with Crippen molar-refractivity contribution in [2.45, 2.75) is 45.4 Å². The number of nitrogens with zero attached hydrogens (tertiary/aromatic N) is 1. The van der Waals surface area contributed by atoms with Crippen LogP contribution in [0, 0.1) is 5.82 Å². The predicted octanol–water partition coefficient (Wildman–Crippen LogP) is 2.31. The Morgan fingerprint density at radius 1 is 1.42 bits per heavy atom. The molecular weight excluding hydrogens is 243 g/mol. The highest BCUT2D eigenvalue weighted by Gasteiger charge is 2.27. The molecule has 3 nitrogen and oxygen atoms in total. The van der Waals surface area contributed by atoms with Crippen LogP contribution in [0.3, 0.4) is 0 Å². The molecule has 108 valence electrons. The Morgan fingerprint density at radius 2 is 2.05 bits per heavy atom. The Balaban J connectivity index is 3.05. The SMILES string of the molecule is CCN(CC(C)(C)O)C(c1cccc(F)c1)C(C)N. The summed E-state index contributed by atoms with van der Waals surface area (Å²) >= 11 is 0. The van der Waals surface area contributed by atoms with Gasteiger partial charge in [0, 0.05) is 18.6 Å². The van der Waals surface area contributed by atoms with E-state index in [4.69, 9.17) is 5.73 Å². The fourth-order valence-electron chi connectivity index (χ4n) is 2.44. The van der Waals surface area contributed by atoms with Crippen molar-refractivity contribution in [1.29, 1.82) is 0 Å². The van der Waals surface area contributed by atoms with Gasteiger partial charge in [0.05, 0.1) is 5.60 Å². The van der Waals surface area contributed by atoms with E-state index in [1.54, 1.807) is 19.9 Å². The normalized spacial score (nSPS) is 15.6. The fraction of sp³-hybridized carbons (Fsp3) is 0.600. The summed E-state index contributed by atoms with van der Waals surface area (Å²) in [6, 6.07) is 6.26. The zero-order valence-electron chi connectivity index (χ0n) is 12.2. The van der Waals surface area contributed by atoms with Gasteiger partial charge in [0.15, 0.2) is 0 Å². The van der Waals surface area contributed by atoms with Crippen molar-refractivity contribution in [2.24, 2.45) is 5.73 Å². The lowest BCUT2D eigenvalue weighted by Crippen LogP contribution is -2.46. The minimum Gasteiger partial charge on any atom is -0.389 e. The molecule has 2 unspecified atom stereocenters. The molecule has 3 N–H and O–H groups in total. The second-order valence-corrected chi connectivity index (χ2v) is 5.73. The largest absolute Gasteiger partial charge is 0.389 e. The molecule has 0 saturated heterocycles. The number of hydrogen-bond donors (Lipinski definition) is 2. The molecule has 1 rings (SSSR count). The summed E-state index contributed by atoms with van der Waals surface area (Å²) in [6.45, 7) is 8.68. The van der Waals surface area contributed by atoms with Crippen LogP contribution in [0.15, 0.2) is 24.3 Å². The summed E-state index contributed by atoms with van der Waals surface area (Å²) in [6.07, 6.45) is 0. The molecule has 1 aromatic carbocycles. The van der Waals surface area contributed by atoms with Crippen LogP contribution < -0.4 is 5.73 Å². The summed E-state index contributed by atoms with van der Waals surface area (Å²) < 4.78 is 13.4.